The van der Waals surface area contributed by atoms with E-state index in [4.69, 9.17) is 9.47 Å². The van der Waals surface area contributed by atoms with E-state index in [0.29, 0.717) is 24.9 Å². The van der Waals surface area contributed by atoms with Crippen LogP contribution in [0, 0.1) is 0 Å². The lowest BCUT2D eigenvalue weighted by atomic mass is 9.88. The fraction of sp³-hybridized carbons (Fsp3) is 0.519. The van der Waals surface area contributed by atoms with Gasteiger partial charge in [0, 0.05) is 30.1 Å². The highest BCUT2D eigenvalue weighted by Gasteiger charge is 2.34. The van der Waals surface area contributed by atoms with Gasteiger partial charge in [-0.25, -0.2) is 4.79 Å². The Balaban J connectivity index is 1.55. The van der Waals surface area contributed by atoms with Crippen LogP contribution in [0.5, 0.6) is 11.5 Å². The largest absolute Gasteiger partial charge is 0.493 e. The van der Waals surface area contributed by atoms with E-state index >= 15 is 0 Å². The first-order valence-corrected chi connectivity index (χ1v) is 13.1. The van der Waals surface area contributed by atoms with Gasteiger partial charge in [-0.1, -0.05) is 53.4 Å². The van der Waals surface area contributed by atoms with Crippen molar-refractivity contribution in [2.45, 2.75) is 50.6 Å². The summed E-state index contributed by atoms with van der Waals surface area (Å²) >= 11 is 3.72. The van der Waals surface area contributed by atoms with E-state index in [9.17, 15) is 4.79 Å². The number of nitrogens with zero attached hydrogens (tertiary/aromatic N) is 2. The molecule has 7 heteroatoms. The fourth-order valence-electron chi connectivity index (χ4n) is 5.34. The highest BCUT2D eigenvalue weighted by atomic mass is 79.9. The zero-order valence-corrected chi connectivity index (χ0v) is 22.1. The zero-order chi connectivity index (χ0) is 24.1. The second-order valence-corrected chi connectivity index (χ2v) is 10.1. The van der Waals surface area contributed by atoms with Gasteiger partial charge in [0.05, 0.1) is 20.3 Å². The first-order valence-electron chi connectivity index (χ1n) is 12.3. The summed E-state index contributed by atoms with van der Waals surface area (Å²) in [6.45, 7) is 2.15. The van der Waals surface area contributed by atoms with Crippen LogP contribution in [0.25, 0.3) is 0 Å². The maximum absolute atomic E-state index is 13.5. The average Bonchev–Trinajstić information content (AvgIpc) is 2.87. The van der Waals surface area contributed by atoms with Crippen LogP contribution in [0.1, 0.15) is 54.8 Å². The number of halogens is 1. The normalized spacial score (nSPS) is 18.5. The molecule has 1 heterocycles. The molecule has 0 aromatic heterocycles. The van der Waals surface area contributed by atoms with Gasteiger partial charge >= 0.3 is 6.03 Å². The highest BCUT2D eigenvalue weighted by Crippen LogP contribution is 2.42. The Morgan fingerprint density at radius 1 is 1.09 bits per heavy atom. The minimum atomic E-state index is -0.213. The summed E-state index contributed by atoms with van der Waals surface area (Å²) in [6.07, 6.45) is 7.29. The Morgan fingerprint density at radius 2 is 1.79 bits per heavy atom. The molecule has 1 fully saturated rings. The van der Waals surface area contributed by atoms with Gasteiger partial charge < -0.3 is 24.6 Å². The van der Waals surface area contributed by atoms with Gasteiger partial charge in [0.2, 0.25) is 0 Å². The predicted octanol–water partition coefficient (Wildman–Crippen LogP) is 5.39. The fourth-order valence-corrected chi connectivity index (χ4v) is 5.84. The summed E-state index contributed by atoms with van der Waals surface area (Å²) in [5.74, 6) is 1.39. The molecule has 0 saturated heterocycles. The lowest BCUT2D eigenvalue weighted by molar-refractivity contribution is 0.170. The van der Waals surface area contributed by atoms with Crippen molar-refractivity contribution in [1.82, 2.24) is 15.1 Å². The SMILES string of the molecule is COc1cc2c(cc1OC)C(c1ccccc1Br)N(C(=O)NCCN(C)C1CCCCC1)CC2. The molecule has 4 rings (SSSR count). The number of nitrogens with one attached hydrogen (secondary N) is 1. The molecule has 2 aliphatic rings. The first kappa shape index (κ1) is 24.9. The molecule has 6 nitrogen and oxygen atoms in total. The van der Waals surface area contributed by atoms with Crippen molar-refractivity contribution >= 4 is 22.0 Å². The van der Waals surface area contributed by atoms with Crippen LogP contribution in [-0.4, -0.2) is 62.8 Å². The summed E-state index contributed by atoms with van der Waals surface area (Å²) in [5.41, 5.74) is 3.31. The Bertz CT molecular complexity index is 993. The Labute approximate surface area is 211 Å². The number of urea groups is 1. The average molecular weight is 531 g/mol. The van der Waals surface area contributed by atoms with Gasteiger partial charge in [0.15, 0.2) is 11.5 Å². The minimum absolute atomic E-state index is 0.0294. The van der Waals surface area contributed by atoms with Gasteiger partial charge in [-0.2, -0.15) is 0 Å². The van der Waals surface area contributed by atoms with Gasteiger partial charge in [-0.15, -0.1) is 0 Å². The molecule has 0 bridgehead atoms. The first-order chi connectivity index (χ1) is 16.5. The van der Waals surface area contributed by atoms with Gasteiger partial charge in [-0.05, 0) is 61.2 Å². The van der Waals surface area contributed by atoms with Crippen LogP contribution in [0.15, 0.2) is 40.9 Å². The van der Waals surface area contributed by atoms with Gasteiger partial charge in [0.25, 0.3) is 0 Å². The number of methoxy groups -OCH3 is 2. The Kier molecular flexibility index (Phi) is 8.37. The summed E-state index contributed by atoms with van der Waals surface area (Å²) in [5, 5.41) is 3.20. The van der Waals surface area contributed by atoms with Crippen molar-refractivity contribution in [2.75, 3.05) is 40.9 Å². The van der Waals surface area contributed by atoms with E-state index in [1.54, 1.807) is 14.2 Å². The second kappa shape index (κ2) is 11.5. The summed E-state index contributed by atoms with van der Waals surface area (Å²) in [6, 6.07) is 12.6. The molecule has 1 atom stereocenters. The molecule has 184 valence electrons. The van der Waals surface area contributed by atoms with Crippen LogP contribution >= 0.6 is 15.9 Å². The summed E-state index contributed by atoms with van der Waals surface area (Å²) in [7, 11) is 5.49. The van der Waals surface area contributed by atoms with Crippen LogP contribution < -0.4 is 14.8 Å². The van der Waals surface area contributed by atoms with Crippen molar-refractivity contribution in [2.24, 2.45) is 0 Å². The molecule has 1 N–H and O–H groups in total. The monoisotopic (exact) mass is 529 g/mol. The number of ether oxygens (including phenoxy) is 2. The molecule has 1 saturated carbocycles. The topological polar surface area (TPSA) is 54.0 Å². The number of amides is 2. The summed E-state index contributed by atoms with van der Waals surface area (Å²) < 4.78 is 12.1. The van der Waals surface area contributed by atoms with Crippen LogP contribution in [0.2, 0.25) is 0 Å². The van der Waals surface area contributed by atoms with E-state index in [1.165, 1.54) is 37.7 Å². The molecular weight excluding hydrogens is 494 g/mol. The quantitative estimate of drug-likeness (QED) is 0.522. The van der Waals surface area contributed by atoms with Crippen molar-refractivity contribution in [3.05, 3.63) is 57.6 Å². The number of carbonyl (C=O) groups is 1. The third-order valence-corrected chi connectivity index (χ3v) is 8.00. The smallest absolute Gasteiger partial charge is 0.318 e. The summed E-state index contributed by atoms with van der Waals surface area (Å²) in [4.78, 5) is 17.8. The molecule has 1 unspecified atom stereocenters. The predicted molar refractivity (Wildman–Crippen MR) is 139 cm³/mol. The van der Waals surface area contributed by atoms with Crippen molar-refractivity contribution in [1.29, 1.82) is 0 Å². The van der Waals surface area contributed by atoms with E-state index in [0.717, 1.165) is 34.3 Å². The minimum Gasteiger partial charge on any atom is -0.493 e. The number of rotatable bonds is 7. The Morgan fingerprint density at radius 3 is 2.50 bits per heavy atom. The number of likely N-dealkylation sites (N-methyl/N-ethyl adjacent to an activating group) is 1. The third kappa shape index (κ3) is 5.36. The van der Waals surface area contributed by atoms with Crippen LogP contribution in [0.4, 0.5) is 4.79 Å². The van der Waals surface area contributed by atoms with Crippen molar-refractivity contribution in [3.63, 3.8) is 0 Å². The lowest BCUT2D eigenvalue weighted by Crippen LogP contribution is -2.48. The van der Waals surface area contributed by atoms with E-state index < -0.39 is 0 Å². The molecule has 2 aromatic carbocycles. The van der Waals surface area contributed by atoms with E-state index in [2.05, 4.69) is 39.3 Å². The molecule has 2 amide bonds. The number of benzene rings is 2. The second-order valence-electron chi connectivity index (χ2n) is 9.28. The molecule has 34 heavy (non-hydrogen) atoms. The maximum atomic E-state index is 13.5. The molecule has 2 aromatic rings. The van der Waals surface area contributed by atoms with E-state index in [1.807, 2.05) is 35.2 Å². The molecule has 1 aliphatic carbocycles. The number of fused-ring (bicyclic) bond motifs is 1. The van der Waals surface area contributed by atoms with Crippen LogP contribution in [0.3, 0.4) is 0 Å². The Hall–Kier alpha value is -2.25. The number of hydrogen-bond donors (Lipinski definition) is 1. The molecule has 0 radical (unpaired) electrons. The maximum Gasteiger partial charge on any atom is 0.318 e. The molecular formula is C27H36BrN3O3. The van der Waals surface area contributed by atoms with Gasteiger partial charge in [0.1, 0.15) is 0 Å². The molecule has 1 aliphatic heterocycles. The number of carbonyl (C=O) groups excluding carboxylic acids is 1. The lowest BCUT2D eigenvalue weighted by Gasteiger charge is -2.38. The molecule has 0 spiro atoms. The van der Waals surface area contributed by atoms with Crippen LogP contribution in [-0.2, 0) is 6.42 Å². The van der Waals surface area contributed by atoms with E-state index in [-0.39, 0.29) is 12.1 Å². The standard InChI is InChI=1S/C27H36BrN3O3/c1-30(20-9-5-4-6-10-20)16-14-29-27(32)31-15-13-19-17-24(33-2)25(34-3)18-22(19)26(31)21-11-7-8-12-23(21)28/h7-8,11-12,17-18,20,26H,4-6,9-10,13-16H2,1-3H3,(H,29,32). The third-order valence-electron chi connectivity index (χ3n) is 7.27. The zero-order valence-electron chi connectivity index (χ0n) is 20.5. The van der Waals surface area contributed by atoms with Gasteiger partial charge in [-0.3, -0.25) is 0 Å². The van der Waals surface area contributed by atoms with Crippen molar-refractivity contribution < 1.29 is 14.3 Å². The van der Waals surface area contributed by atoms with Crippen molar-refractivity contribution in [3.8, 4) is 11.5 Å². The number of hydrogen-bond acceptors (Lipinski definition) is 4. The highest BCUT2D eigenvalue weighted by molar-refractivity contribution is 9.10.